The first-order valence-corrected chi connectivity index (χ1v) is 22.5. The summed E-state index contributed by atoms with van der Waals surface area (Å²) >= 11 is 0. The SMILES string of the molecule is COC(=O)CN(C)C(=O)N(C1CC1)C1c2ccccc2N(C(=O)c2ccc(OC(F)(F)F)cc2)C2CCCC21.COC(=O)CN(C)C(=O)N(C1CC1)C1c2ccccc2NC2CCCC21. The molecule has 6 unspecified atom stereocenters. The van der Waals surface area contributed by atoms with Crippen LogP contribution in [0.5, 0.6) is 5.75 Å². The van der Waals surface area contributed by atoms with Crippen molar-refractivity contribution in [1.29, 1.82) is 0 Å². The Hall–Kier alpha value is -6.00. The number of hydrogen-bond acceptors (Lipinski definition) is 9. The molecule has 0 radical (unpaired) electrons. The molecule has 3 aromatic rings. The lowest BCUT2D eigenvalue weighted by molar-refractivity contribution is -0.274. The van der Waals surface area contributed by atoms with Gasteiger partial charge in [-0.25, -0.2) is 9.59 Å². The molecule has 348 valence electrons. The number of methoxy groups -OCH3 is 2. The first kappa shape index (κ1) is 45.6. The van der Waals surface area contributed by atoms with Crippen LogP contribution in [0.4, 0.5) is 34.1 Å². The summed E-state index contributed by atoms with van der Waals surface area (Å²) < 4.78 is 51.3. The van der Waals surface area contributed by atoms with Crippen LogP contribution in [-0.2, 0) is 19.1 Å². The molecule has 0 spiro atoms. The van der Waals surface area contributed by atoms with E-state index in [0.29, 0.717) is 17.6 Å². The van der Waals surface area contributed by atoms with Crippen molar-refractivity contribution in [2.75, 3.05) is 51.6 Å². The van der Waals surface area contributed by atoms with E-state index < -0.39 is 18.1 Å². The first-order chi connectivity index (χ1) is 31.2. The summed E-state index contributed by atoms with van der Waals surface area (Å²) in [6, 6.07) is 20.8. The molecule has 4 aliphatic carbocycles. The van der Waals surface area contributed by atoms with Crippen molar-refractivity contribution in [3.05, 3.63) is 89.5 Å². The van der Waals surface area contributed by atoms with E-state index in [1.807, 2.05) is 35.2 Å². The maximum absolute atomic E-state index is 13.8. The predicted octanol–water partition coefficient (Wildman–Crippen LogP) is 8.16. The highest BCUT2D eigenvalue weighted by atomic mass is 19.4. The van der Waals surface area contributed by atoms with Gasteiger partial charge in [0.15, 0.2) is 0 Å². The minimum absolute atomic E-state index is 0.0146. The topological polar surface area (TPSA) is 141 Å². The second-order valence-corrected chi connectivity index (χ2v) is 18.0. The van der Waals surface area contributed by atoms with Crippen molar-refractivity contribution in [3.63, 3.8) is 0 Å². The zero-order valence-corrected chi connectivity index (χ0v) is 37.2. The molecule has 6 atom stereocenters. The molecule has 4 fully saturated rings. The number of esters is 2. The normalized spacial score (nSPS) is 23.7. The fourth-order valence-electron chi connectivity index (χ4n) is 10.6. The van der Waals surface area contributed by atoms with Gasteiger partial charge in [-0.3, -0.25) is 14.4 Å². The van der Waals surface area contributed by atoms with Crippen LogP contribution in [0, 0.1) is 11.8 Å². The number of nitrogens with zero attached hydrogens (tertiary/aromatic N) is 5. The number of carbonyl (C=O) groups is 5. The third-order valence-electron chi connectivity index (χ3n) is 13.7. The summed E-state index contributed by atoms with van der Waals surface area (Å²) in [4.78, 5) is 73.0. The average Bonchev–Trinajstić information content (AvgIpc) is 4.22. The van der Waals surface area contributed by atoms with Crippen molar-refractivity contribution < 1.29 is 51.4 Å². The summed E-state index contributed by atoms with van der Waals surface area (Å²) in [5, 5.41) is 3.69. The Balaban J connectivity index is 0.000000192. The van der Waals surface area contributed by atoms with Crippen LogP contribution in [-0.4, -0.2) is 121 Å². The summed E-state index contributed by atoms with van der Waals surface area (Å²) in [6.07, 6.45) is 4.88. The highest BCUT2D eigenvalue weighted by molar-refractivity contribution is 6.07. The molecule has 3 aromatic carbocycles. The number of fused-ring (bicyclic) bond motifs is 4. The van der Waals surface area contributed by atoms with Crippen LogP contribution < -0.4 is 15.0 Å². The molecule has 5 amide bonds. The van der Waals surface area contributed by atoms with E-state index >= 15 is 0 Å². The fraction of sp³-hybridized carbons (Fsp3) is 0.521. The number of anilines is 2. The van der Waals surface area contributed by atoms with Crippen molar-refractivity contribution >= 4 is 41.3 Å². The van der Waals surface area contributed by atoms with Gasteiger partial charge in [-0.15, -0.1) is 13.2 Å². The number of ether oxygens (including phenoxy) is 3. The Morgan fingerprint density at radius 2 is 1.18 bits per heavy atom. The Morgan fingerprint density at radius 1 is 0.662 bits per heavy atom. The predicted molar refractivity (Wildman–Crippen MR) is 234 cm³/mol. The van der Waals surface area contributed by atoms with Gasteiger partial charge in [-0.2, -0.15) is 0 Å². The maximum atomic E-state index is 13.8. The number of para-hydroxylation sites is 2. The van der Waals surface area contributed by atoms with E-state index in [0.717, 1.165) is 81.2 Å². The van der Waals surface area contributed by atoms with Gasteiger partial charge in [0, 0.05) is 67.0 Å². The molecule has 0 saturated heterocycles. The highest BCUT2D eigenvalue weighted by Crippen LogP contribution is 2.54. The van der Waals surface area contributed by atoms with Crippen molar-refractivity contribution in [3.8, 4) is 5.75 Å². The van der Waals surface area contributed by atoms with Crippen LogP contribution in [0.2, 0.25) is 0 Å². The van der Waals surface area contributed by atoms with Gasteiger partial charge in [-0.1, -0.05) is 49.2 Å². The smallest absolute Gasteiger partial charge is 0.468 e. The Kier molecular flexibility index (Phi) is 13.2. The van der Waals surface area contributed by atoms with Gasteiger partial charge < -0.3 is 44.0 Å². The van der Waals surface area contributed by atoms with Crippen molar-refractivity contribution in [1.82, 2.24) is 19.6 Å². The van der Waals surface area contributed by atoms with E-state index in [4.69, 9.17) is 9.47 Å². The van der Waals surface area contributed by atoms with Gasteiger partial charge in [0.2, 0.25) is 0 Å². The third kappa shape index (κ3) is 9.69. The average molecular weight is 903 g/mol. The number of benzene rings is 3. The van der Waals surface area contributed by atoms with Crippen LogP contribution in [0.3, 0.4) is 0 Å². The van der Waals surface area contributed by atoms with Crippen LogP contribution in [0.25, 0.3) is 0 Å². The van der Waals surface area contributed by atoms with E-state index in [-0.39, 0.29) is 78.7 Å². The number of halogens is 3. The van der Waals surface area contributed by atoms with Gasteiger partial charge in [0.25, 0.3) is 5.91 Å². The number of rotatable bonds is 10. The molecule has 9 rings (SSSR count). The first-order valence-electron chi connectivity index (χ1n) is 22.5. The minimum atomic E-state index is -4.82. The van der Waals surface area contributed by atoms with Crippen molar-refractivity contribution in [2.24, 2.45) is 11.8 Å². The zero-order chi connectivity index (χ0) is 46.2. The van der Waals surface area contributed by atoms with Gasteiger partial charge >= 0.3 is 30.4 Å². The number of carbonyl (C=O) groups excluding carboxylic acids is 5. The molecular weight excluding hydrogens is 846 g/mol. The maximum Gasteiger partial charge on any atom is 0.573 e. The number of hydrogen-bond donors (Lipinski definition) is 1. The van der Waals surface area contributed by atoms with Crippen LogP contribution in [0.1, 0.15) is 97.8 Å². The Labute approximate surface area is 376 Å². The van der Waals surface area contributed by atoms with Gasteiger partial charge in [-0.05, 0) is 98.9 Å². The molecule has 65 heavy (non-hydrogen) atoms. The standard InChI is InChI=1S/C28H30F3N3O5.C20H27N3O3/c1-32(16-24(35)38-2)27(37)33(18-12-13-18)25-20-6-3-4-8-22(20)34(23-9-5-7-21(23)25)26(36)17-10-14-19(15-11-17)39-28(29,30)31;1-22(12-18(24)26-2)20(25)23(13-10-11-13)19-14-6-3-4-8-16(14)21-17-9-5-7-15(17)19/h3-4,6,8,10-11,14-15,18,21,23,25H,5,7,9,12-13,16H2,1-2H3;3-4,6,8,13,15,17,19,21H,5,7,9-12H2,1-2H3. The molecule has 2 aliphatic heterocycles. The van der Waals surface area contributed by atoms with Gasteiger partial charge in [0.05, 0.1) is 26.3 Å². The minimum Gasteiger partial charge on any atom is -0.468 e. The van der Waals surface area contributed by atoms with E-state index in [9.17, 15) is 37.1 Å². The number of urea groups is 2. The fourth-order valence-corrected chi connectivity index (χ4v) is 10.6. The highest BCUT2D eigenvalue weighted by Gasteiger charge is 2.53. The van der Waals surface area contributed by atoms with Crippen LogP contribution >= 0.6 is 0 Å². The van der Waals surface area contributed by atoms with E-state index in [2.05, 4.69) is 33.2 Å². The molecule has 2 heterocycles. The summed E-state index contributed by atoms with van der Waals surface area (Å²) in [5.41, 5.74) is 4.13. The molecule has 17 heteroatoms. The number of alkyl halides is 3. The van der Waals surface area contributed by atoms with E-state index in [1.54, 1.807) is 19.0 Å². The zero-order valence-electron chi connectivity index (χ0n) is 37.2. The lowest BCUT2D eigenvalue weighted by atomic mass is 9.81. The Bertz CT molecular complexity index is 2250. The third-order valence-corrected chi connectivity index (χ3v) is 13.7. The van der Waals surface area contributed by atoms with Gasteiger partial charge in [0.1, 0.15) is 18.8 Å². The lowest BCUT2D eigenvalue weighted by Gasteiger charge is -2.48. The van der Waals surface area contributed by atoms with Crippen molar-refractivity contribution in [2.45, 2.75) is 107 Å². The Morgan fingerprint density at radius 3 is 1.75 bits per heavy atom. The molecule has 0 aromatic heterocycles. The lowest BCUT2D eigenvalue weighted by Crippen LogP contribution is -2.55. The largest absolute Gasteiger partial charge is 0.573 e. The molecule has 6 aliphatic rings. The summed E-state index contributed by atoms with van der Waals surface area (Å²) in [5.74, 6) is -1.21. The second-order valence-electron chi connectivity index (χ2n) is 18.0. The van der Waals surface area contributed by atoms with E-state index in [1.165, 1.54) is 48.1 Å². The number of likely N-dealkylation sites (N-methyl/N-ethyl adjacent to an activating group) is 2. The second kappa shape index (κ2) is 18.8. The number of nitrogens with one attached hydrogen (secondary N) is 1. The monoisotopic (exact) mass is 902 g/mol. The summed E-state index contributed by atoms with van der Waals surface area (Å²) in [6.45, 7) is -0.182. The number of amides is 5. The molecule has 4 saturated carbocycles. The molecule has 1 N–H and O–H groups in total. The van der Waals surface area contributed by atoms with Crippen LogP contribution in [0.15, 0.2) is 72.8 Å². The molecular formula is C48H57F3N6O8. The molecule has 0 bridgehead atoms. The quantitative estimate of drug-likeness (QED) is 0.200. The summed E-state index contributed by atoms with van der Waals surface area (Å²) in [7, 11) is 5.90. The molecule has 14 nitrogen and oxygen atoms in total.